The van der Waals surface area contributed by atoms with Gasteiger partial charge in [-0.15, -0.1) is 0 Å². The molecule has 1 N–H and O–H groups in total. The molecular formula is C16H22O3. The molecule has 1 aromatic carbocycles. The third kappa shape index (κ3) is 3.10. The Kier molecular flexibility index (Phi) is 3.85. The first-order valence-electron chi connectivity index (χ1n) is 6.56. The van der Waals surface area contributed by atoms with Gasteiger partial charge in [0.1, 0.15) is 11.5 Å². The predicted molar refractivity (Wildman–Crippen MR) is 76.5 cm³/mol. The summed E-state index contributed by atoms with van der Waals surface area (Å²) in [5.41, 5.74) is 2.23. The summed E-state index contributed by atoms with van der Waals surface area (Å²) in [5, 5.41) is 10.0. The van der Waals surface area contributed by atoms with E-state index in [1.165, 1.54) is 0 Å². The molecule has 3 nitrogen and oxygen atoms in total. The van der Waals surface area contributed by atoms with Crippen LogP contribution in [0.4, 0.5) is 0 Å². The first-order valence-corrected chi connectivity index (χ1v) is 6.56. The molecule has 1 aromatic rings. The van der Waals surface area contributed by atoms with Crippen molar-refractivity contribution < 1.29 is 14.6 Å². The van der Waals surface area contributed by atoms with Crippen molar-refractivity contribution in [3.05, 3.63) is 29.8 Å². The average Bonchev–Trinajstić information content (AvgIpc) is 2.35. The van der Waals surface area contributed by atoms with Crippen molar-refractivity contribution >= 4 is 5.57 Å². The molecule has 0 heterocycles. The van der Waals surface area contributed by atoms with Gasteiger partial charge >= 0.3 is 0 Å². The first-order chi connectivity index (χ1) is 8.95. The lowest BCUT2D eigenvalue weighted by Crippen LogP contribution is -2.24. The van der Waals surface area contributed by atoms with E-state index >= 15 is 0 Å². The molecule has 2 rings (SSSR count). The largest absolute Gasteiger partial charge is 0.497 e. The van der Waals surface area contributed by atoms with E-state index in [0.29, 0.717) is 0 Å². The van der Waals surface area contributed by atoms with Gasteiger partial charge in [-0.3, -0.25) is 0 Å². The SMILES string of the molecule is COc1ccc(OC)c(C2=CC(O)CC(C)(C)C2)c1. The highest BCUT2D eigenvalue weighted by atomic mass is 16.5. The third-order valence-electron chi connectivity index (χ3n) is 3.58. The van der Waals surface area contributed by atoms with Crippen LogP contribution in [0.5, 0.6) is 11.5 Å². The minimum atomic E-state index is -0.394. The molecule has 1 aliphatic rings. The number of hydrogen-bond donors (Lipinski definition) is 1. The molecule has 0 amide bonds. The van der Waals surface area contributed by atoms with Gasteiger partial charge in [0, 0.05) is 5.56 Å². The molecule has 0 saturated heterocycles. The number of ether oxygens (including phenoxy) is 2. The number of benzene rings is 1. The summed E-state index contributed by atoms with van der Waals surface area (Å²) in [7, 11) is 3.32. The number of methoxy groups -OCH3 is 2. The van der Waals surface area contributed by atoms with Crippen LogP contribution in [0.3, 0.4) is 0 Å². The van der Waals surface area contributed by atoms with E-state index < -0.39 is 6.10 Å². The molecule has 0 radical (unpaired) electrons. The lowest BCUT2D eigenvalue weighted by Gasteiger charge is -2.33. The molecule has 0 saturated carbocycles. The van der Waals surface area contributed by atoms with Gasteiger partial charge in [-0.1, -0.05) is 19.9 Å². The highest BCUT2D eigenvalue weighted by Crippen LogP contribution is 2.42. The summed E-state index contributed by atoms with van der Waals surface area (Å²) in [6.07, 6.45) is 3.26. The van der Waals surface area contributed by atoms with E-state index in [9.17, 15) is 5.11 Å². The number of rotatable bonds is 3. The quantitative estimate of drug-likeness (QED) is 0.908. The van der Waals surface area contributed by atoms with E-state index in [4.69, 9.17) is 9.47 Å². The van der Waals surface area contributed by atoms with Crippen LogP contribution >= 0.6 is 0 Å². The van der Waals surface area contributed by atoms with Crippen molar-refractivity contribution in [1.82, 2.24) is 0 Å². The van der Waals surface area contributed by atoms with Crippen molar-refractivity contribution in [2.24, 2.45) is 5.41 Å². The zero-order valence-corrected chi connectivity index (χ0v) is 12.1. The number of hydrogen-bond acceptors (Lipinski definition) is 3. The molecule has 0 aliphatic heterocycles. The van der Waals surface area contributed by atoms with Crippen LogP contribution in [0.2, 0.25) is 0 Å². The second kappa shape index (κ2) is 5.25. The molecule has 1 unspecified atom stereocenters. The zero-order valence-electron chi connectivity index (χ0n) is 12.1. The second-order valence-corrected chi connectivity index (χ2v) is 5.87. The summed E-state index contributed by atoms with van der Waals surface area (Å²) in [6, 6.07) is 5.76. The van der Waals surface area contributed by atoms with Crippen LogP contribution in [0.25, 0.3) is 5.57 Å². The van der Waals surface area contributed by atoms with Gasteiger partial charge in [0.25, 0.3) is 0 Å². The van der Waals surface area contributed by atoms with Crippen LogP contribution in [-0.4, -0.2) is 25.4 Å². The number of aliphatic hydroxyl groups excluding tert-OH is 1. The van der Waals surface area contributed by atoms with Crippen LogP contribution in [0.1, 0.15) is 32.3 Å². The summed E-state index contributed by atoms with van der Waals surface area (Å²) in [6.45, 7) is 4.35. The molecule has 0 fully saturated rings. The lowest BCUT2D eigenvalue weighted by molar-refractivity contribution is 0.146. The van der Waals surface area contributed by atoms with E-state index in [0.717, 1.165) is 35.5 Å². The van der Waals surface area contributed by atoms with E-state index in [-0.39, 0.29) is 5.41 Å². The third-order valence-corrected chi connectivity index (χ3v) is 3.58. The van der Waals surface area contributed by atoms with Gasteiger partial charge in [0.05, 0.1) is 20.3 Å². The number of aliphatic hydroxyl groups is 1. The first kappa shape index (κ1) is 13.9. The molecule has 3 heteroatoms. The van der Waals surface area contributed by atoms with Crippen molar-refractivity contribution in [2.75, 3.05) is 14.2 Å². The average molecular weight is 262 g/mol. The lowest BCUT2D eigenvalue weighted by atomic mass is 9.74. The van der Waals surface area contributed by atoms with Crippen molar-refractivity contribution in [2.45, 2.75) is 32.8 Å². The van der Waals surface area contributed by atoms with Gasteiger partial charge < -0.3 is 14.6 Å². The fourth-order valence-corrected chi connectivity index (χ4v) is 2.75. The Labute approximate surface area is 114 Å². The Morgan fingerprint density at radius 2 is 1.95 bits per heavy atom. The molecule has 1 atom stereocenters. The Hall–Kier alpha value is -1.48. The standard InChI is InChI=1S/C16H22O3/c1-16(2)9-11(7-12(17)10-16)14-8-13(18-3)5-6-15(14)19-4/h5-8,12,17H,9-10H2,1-4H3. The van der Waals surface area contributed by atoms with Gasteiger partial charge in [-0.05, 0) is 42.0 Å². The van der Waals surface area contributed by atoms with E-state index in [1.807, 2.05) is 24.3 Å². The second-order valence-electron chi connectivity index (χ2n) is 5.87. The van der Waals surface area contributed by atoms with Gasteiger partial charge in [0.15, 0.2) is 0 Å². The molecule has 0 bridgehead atoms. The van der Waals surface area contributed by atoms with Crippen LogP contribution in [-0.2, 0) is 0 Å². The predicted octanol–water partition coefficient (Wildman–Crippen LogP) is 3.27. The van der Waals surface area contributed by atoms with Crippen LogP contribution in [0.15, 0.2) is 24.3 Å². The highest BCUT2D eigenvalue weighted by molar-refractivity contribution is 5.73. The van der Waals surface area contributed by atoms with E-state index in [1.54, 1.807) is 14.2 Å². The topological polar surface area (TPSA) is 38.7 Å². The monoisotopic (exact) mass is 262 g/mol. The summed E-state index contributed by atoms with van der Waals surface area (Å²) >= 11 is 0. The molecule has 19 heavy (non-hydrogen) atoms. The minimum absolute atomic E-state index is 0.0948. The summed E-state index contributed by atoms with van der Waals surface area (Å²) < 4.78 is 10.7. The van der Waals surface area contributed by atoms with Crippen molar-refractivity contribution in [3.8, 4) is 11.5 Å². The smallest absolute Gasteiger partial charge is 0.126 e. The van der Waals surface area contributed by atoms with Gasteiger partial charge in [-0.2, -0.15) is 0 Å². The Morgan fingerprint density at radius 1 is 1.21 bits per heavy atom. The maximum absolute atomic E-state index is 10.0. The van der Waals surface area contributed by atoms with Crippen LogP contribution in [0, 0.1) is 5.41 Å². The van der Waals surface area contributed by atoms with Crippen LogP contribution < -0.4 is 9.47 Å². The molecule has 1 aliphatic carbocycles. The molecule has 0 spiro atoms. The fourth-order valence-electron chi connectivity index (χ4n) is 2.75. The highest BCUT2D eigenvalue weighted by Gasteiger charge is 2.29. The normalized spacial score (nSPS) is 21.7. The maximum atomic E-state index is 10.0. The maximum Gasteiger partial charge on any atom is 0.126 e. The van der Waals surface area contributed by atoms with Crippen molar-refractivity contribution in [3.63, 3.8) is 0 Å². The molecular weight excluding hydrogens is 240 g/mol. The summed E-state index contributed by atoms with van der Waals surface area (Å²) in [4.78, 5) is 0. The number of allylic oxidation sites excluding steroid dienone is 1. The molecule has 104 valence electrons. The Morgan fingerprint density at radius 3 is 2.53 bits per heavy atom. The van der Waals surface area contributed by atoms with Gasteiger partial charge in [-0.25, -0.2) is 0 Å². The summed E-state index contributed by atoms with van der Waals surface area (Å²) in [5.74, 6) is 1.62. The fraction of sp³-hybridized carbons (Fsp3) is 0.500. The van der Waals surface area contributed by atoms with E-state index in [2.05, 4.69) is 13.8 Å². The van der Waals surface area contributed by atoms with Crippen molar-refractivity contribution in [1.29, 1.82) is 0 Å². The zero-order chi connectivity index (χ0) is 14.0. The Balaban J connectivity index is 2.45. The Bertz CT molecular complexity index is 489. The van der Waals surface area contributed by atoms with Gasteiger partial charge in [0.2, 0.25) is 0 Å². The molecule has 0 aromatic heterocycles. The minimum Gasteiger partial charge on any atom is -0.497 e.